The minimum atomic E-state index is 0. The summed E-state index contributed by atoms with van der Waals surface area (Å²) in [5.41, 5.74) is 7.32. The maximum atomic E-state index is 5.44. The van der Waals surface area contributed by atoms with Gasteiger partial charge < -0.3 is 5.73 Å². The number of nitrogens with two attached hydrogens (primary N) is 1. The molecule has 2 rings (SSSR count). The fourth-order valence-electron chi connectivity index (χ4n) is 1.15. The molecule has 0 aromatic carbocycles. The van der Waals surface area contributed by atoms with E-state index < -0.39 is 0 Å². The Bertz CT molecular complexity index is 379. The molecule has 0 atom stereocenters. The van der Waals surface area contributed by atoms with Gasteiger partial charge in [0.25, 0.3) is 0 Å². The predicted molar refractivity (Wildman–Crippen MR) is 56.6 cm³/mol. The summed E-state index contributed by atoms with van der Waals surface area (Å²) in [6.07, 6.45) is 3.90. The summed E-state index contributed by atoms with van der Waals surface area (Å²) in [5.74, 6) is 0. The van der Waals surface area contributed by atoms with Crippen molar-refractivity contribution >= 4 is 30.5 Å². The topological polar surface area (TPSA) is 48.2 Å². The van der Waals surface area contributed by atoms with Gasteiger partial charge in [-0.2, -0.15) is 0 Å². The minimum Gasteiger partial charge on any atom is -0.325 e. The zero-order valence-corrected chi connectivity index (χ0v) is 8.81. The van der Waals surface area contributed by atoms with Crippen LogP contribution in [0.3, 0.4) is 0 Å². The molecule has 2 N–H and O–H groups in total. The van der Waals surface area contributed by atoms with Gasteiger partial charge in [-0.1, -0.05) is 0 Å². The number of hydrogen-bond acceptors (Lipinski definition) is 2. The smallest absolute Gasteiger partial charge is 0.153 e. The average molecular weight is 223 g/mol. The molecule has 0 spiro atoms. The van der Waals surface area contributed by atoms with Crippen molar-refractivity contribution in [3.63, 3.8) is 0 Å². The van der Waals surface area contributed by atoms with Gasteiger partial charge in [-0.25, -0.2) is 9.50 Å². The first-order chi connectivity index (χ1) is 5.31. The summed E-state index contributed by atoms with van der Waals surface area (Å²) in [7, 11) is 1.97. The Morgan fingerprint density at radius 3 is 2.69 bits per heavy atom. The van der Waals surface area contributed by atoms with E-state index in [2.05, 4.69) is 4.98 Å². The molecular weight excluding hydrogens is 211 g/mol. The molecule has 13 heavy (non-hydrogen) atoms. The molecule has 0 aliphatic carbocycles. The largest absolute Gasteiger partial charge is 0.325 e. The number of rotatable bonds is 1. The number of aryl methyl sites for hydroxylation is 1. The first kappa shape index (κ1) is 12.3. The maximum Gasteiger partial charge on any atom is 0.153 e. The summed E-state index contributed by atoms with van der Waals surface area (Å²) in [4.78, 5) is 4.27. The van der Waals surface area contributed by atoms with Gasteiger partial charge in [0, 0.05) is 25.9 Å². The van der Waals surface area contributed by atoms with E-state index in [0.29, 0.717) is 6.54 Å². The molecule has 0 fully saturated rings. The number of nitrogens with zero attached hydrogens (tertiary/aromatic N) is 3. The van der Waals surface area contributed by atoms with Crippen LogP contribution in [0.15, 0.2) is 18.5 Å². The van der Waals surface area contributed by atoms with Crippen LogP contribution in [0.1, 0.15) is 5.69 Å². The van der Waals surface area contributed by atoms with E-state index in [-0.39, 0.29) is 24.8 Å². The molecule has 6 heteroatoms. The second-order valence-corrected chi connectivity index (χ2v) is 2.53. The van der Waals surface area contributed by atoms with E-state index in [4.69, 9.17) is 5.73 Å². The SMILES string of the molecule is Cl.Cl.Cn1ccc2nc(CN)cn21. The lowest BCUT2D eigenvalue weighted by Crippen LogP contribution is -1.97. The van der Waals surface area contributed by atoms with Gasteiger partial charge in [-0.05, 0) is 0 Å². The third-order valence-corrected chi connectivity index (χ3v) is 1.75. The Labute approximate surface area is 88.5 Å². The van der Waals surface area contributed by atoms with Crippen molar-refractivity contribution in [2.45, 2.75) is 6.54 Å². The van der Waals surface area contributed by atoms with Gasteiger partial charge in [0.15, 0.2) is 5.65 Å². The van der Waals surface area contributed by atoms with Crippen molar-refractivity contribution in [2.75, 3.05) is 0 Å². The maximum absolute atomic E-state index is 5.44. The minimum absolute atomic E-state index is 0. The van der Waals surface area contributed by atoms with Crippen LogP contribution in [0, 0.1) is 0 Å². The van der Waals surface area contributed by atoms with Crippen molar-refractivity contribution in [1.82, 2.24) is 14.2 Å². The first-order valence-corrected chi connectivity index (χ1v) is 3.51. The van der Waals surface area contributed by atoms with Gasteiger partial charge in [0.05, 0.1) is 11.9 Å². The first-order valence-electron chi connectivity index (χ1n) is 3.51. The van der Waals surface area contributed by atoms with Crippen molar-refractivity contribution in [1.29, 1.82) is 0 Å². The molecule has 0 amide bonds. The summed E-state index contributed by atoms with van der Waals surface area (Å²) in [6, 6.07) is 1.96. The molecule has 74 valence electrons. The van der Waals surface area contributed by atoms with Crippen molar-refractivity contribution < 1.29 is 0 Å². The van der Waals surface area contributed by atoms with Crippen LogP contribution in [0.5, 0.6) is 0 Å². The highest BCUT2D eigenvalue weighted by Gasteiger charge is 2.00. The zero-order valence-electron chi connectivity index (χ0n) is 7.17. The fraction of sp³-hybridized carbons (Fsp3) is 0.286. The molecule has 2 aromatic rings. The molecule has 2 heterocycles. The predicted octanol–water partition coefficient (Wildman–Crippen LogP) is 0.975. The molecule has 0 radical (unpaired) electrons. The Morgan fingerprint density at radius 1 is 1.46 bits per heavy atom. The van der Waals surface area contributed by atoms with E-state index in [1.54, 1.807) is 0 Å². The molecule has 4 nitrogen and oxygen atoms in total. The van der Waals surface area contributed by atoms with E-state index >= 15 is 0 Å². The summed E-state index contributed by atoms with van der Waals surface area (Å²) >= 11 is 0. The molecule has 0 unspecified atom stereocenters. The van der Waals surface area contributed by atoms with Gasteiger partial charge >= 0.3 is 0 Å². The molecule has 0 aliphatic heterocycles. The van der Waals surface area contributed by atoms with Crippen LogP contribution in [-0.2, 0) is 13.6 Å². The third-order valence-electron chi connectivity index (χ3n) is 1.75. The molecule has 0 aliphatic rings. The molecule has 0 saturated carbocycles. The fourth-order valence-corrected chi connectivity index (χ4v) is 1.15. The number of imidazole rings is 1. The average Bonchev–Trinajstić information content (AvgIpc) is 2.53. The van der Waals surface area contributed by atoms with Crippen LogP contribution in [0.25, 0.3) is 5.65 Å². The number of halogens is 2. The van der Waals surface area contributed by atoms with E-state index in [0.717, 1.165) is 11.3 Å². The van der Waals surface area contributed by atoms with Gasteiger partial charge in [0.1, 0.15) is 0 Å². The molecular formula is C7H12Cl2N4. The van der Waals surface area contributed by atoms with Gasteiger partial charge in [-0.3, -0.25) is 4.68 Å². The number of aromatic nitrogens is 3. The van der Waals surface area contributed by atoms with Crippen molar-refractivity contribution in [3.8, 4) is 0 Å². The van der Waals surface area contributed by atoms with E-state index in [9.17, 15) is 0 Å². The summed E-state index contributed by atoms with van der Waals surface area (Å²) < 4.78 is 3.92. The lowest BCUT2D eigenvalue weighted by atomic mass is 10.5. The monoisotopic (exact) mass is 222 g/mol. The lowest BCUT2D eigenvalue weighted by molar-refractivity contribution is 0.707. The molecule has 0 saturated heterocycles. The van der Waals surface area contributed by atoms with Crippen LogP contribution in [0.2, 0.25) is 0 Å². The normalized spacial score (nSPS) is 9.38. The molecule has 0 bridgehead atoms. The van der Waals surface area contributed by atoms with Crippen LogP contribution in [-0.4, -0.2) is 14.2 Å². The van der Waals surface area contributed by atoms with E-state index in [1.807, 2.05) is 34.7 Å². The number of fused-ring (bicyclic) bond motifs is 1. The molecule has 2 aromatic heterocycles. The second kappa shape index (κ2) is 4.50. The number of hydrogen-bond donors (Lipinski definition) is 1. The summed E-state index contributed by atoms with van der Waals surface area (Å²) in [5, 5.41) is 0. The van der Waals surface area contributed by atoms with E-state index in [1.165, 1.54) is 0 Å². The Kier molecular flexibility index (Phi) is 4.26. The Balaban J connectivity index is 0.000000720. The van der Waals surface area contributed by atoms with Crippen LogP contribution < -0.4 is 5.73 Å². The lowest BCUT2D eigenvalue weighted by Gasteiger charge is -1.91. The third kappa shape index (κ3) is 1.96. The van der Waals surface area contributed by atoms with Crippen LogP contribution in [0.4, 0.5) is 0 Å². The van der Waals surface area contributed by atoms with Gasteiger partial charge in [0.2, 0.25) is 0 Å². The highest BCUT2D eigenvalue weighted by molar-refractivity contribution is 5.85. The van der Waals surface area contributed by atoms with Crippen molar-refractivity contribution in [2.24, 2.45) is 12.8 Å². The quantitative estimate of drug-likeness (QED) is 0.783. The standard InChI is InChI=1S/C7H10N4.2ClH/c1-10-3-2-7-9-6(4-8)5-11(7)10;;/h2-3,5H,4,8H2,1H3;2*1H. The Morgan fingerprint density at radius 2 is 2.15 bits per heavy atom. The zero-order chi connectivity index (χ0) is 7.84. The highest BCUT2D eigenvalue weighted by atomic mass is 35.5. The highest BCUT2D eigenvalue weighted by Crippen LogP contribution is 2.03. The van der Waals surface area contributed by atoms with Crippen LogP contribution >= 0.6 is 24.8 Å². The summed E-state index contributed by atoms with van der Waals surface area (Å²) in [6.45, 7) is 0.502. The second-order valence-electron chi connectivity index (χ2n) is 2.53. The van der Waals surface area contributed by atoms with Gasteiger partial charge in [-0.15, -0.1) is 24.8 Å². The van der Waals surface area contributed by atoms with Crippen molar-refractivity contribution in [3.05, 3.63) is 24.2 Å². The Hall–Kier alpha value is -0.710.